The first kappa shape index (κ1) is 9.91. The molecule has 2 heteroatoms. The van der Waals surface area contributed by atoms with Gasteiger partial charge in [-0.2, -0.15) is 5.92 Å². The van der Waals surface area contributed by atoms with Crippen molar-refractivity contribution in [1.29, 1.82) is 0 Å². The predicted molar refractivity (Wildman–Crippen MR) is 37.8 cm³/mol. The Morgan fingerprint density at radius 1 is 1.11 bits per heavy atom. The quantitative estimate of drug-likeness (QED) is 0.414. The maximum absolute atomic E-state index is 4.76. The first-order valence-corrected chi connectivity index (χ1v) is 7.39. The second-order valence-electron chi connectivity index (χ2n) is 2.50. The van der Waals surface area contributed by atoms with E-state index in [1.807, 2.05) is 0 Å². The van der Waals surface area contributed by atoms with Crippen molar-refractivity contribution in [3.63, 3.8) is 0 Å². The molecule has 0 unspecified atom stereocenters. The monoisotopic (exact) mass is 196 g/mol. The maximum atomic E-state index is 4.76. The van der Waals surface area contributed by atoms with E-state index in [-0.39, 0.29) is 0 Å². The summed E-state index contributed by atoms with van der Waals surface area (Å²) in [5.74, 6) is 0.786. The van der Waals surface area contributed by atoms with Crippen molar-refractivity contribution in [2.45, 2.75) is 32.1 Å². The van der Waals surface area contributed by atoms with Gasteiger partial charge in [-0.3, -0.25) is 0 Å². The van der Waals surface area contributed by atoms with E-state index < -0.39 is 0 Å². The Balaban J connectivity index is 0.000000291. The molecule has 0 amide bonds. The minimum absolute atomic E-state index is 0.786. The van der Waals surface area contributed by atoms with Gasteiger partial charge < -0.3 is 6.92 Å². The van der Waals surface area contributed by atoms with Gasteiger partial charge in [-0.05, 0) is 0 Å². The van der Waals surface area contributed by atoms with Crippen molar-refractivity contribution in [2.75, 3.05) is 0 Å². The number of rotatable bonds is 0. The summed E-state index contributed by atoms with van der Waals surface area (Å²) in [6, 6.07) is 0. The summed E-state index contributed by atoms with van der Waals surface area (Å²) in [5.41, 5.74) is 0. The van der Waals surface area contributed by atoms with E-state index in [1.165, 1.54) is 32.1 Å². The van der Waals surface area contributed by atoms with Crippen molar-refractivity contribution in [1.82, 2.24) is 0 Å². The summed E-state index contributed by atoms with van der Waals surface area (Å²) in [6.45, 7) is 4.00. The molecule has 0 spiro atoms. The molecule has 1 fully saturated rings. The second kappa shape index (κ2) is 7.03. The van der Waals surface area contributed by atoms with E-state index in [0.717, 1.165) is 23.2 Å². The molecular formula is C7H13ClZn. The molecule has 0 saturated heterocycles. The van der Waals surface area contributed by atoms with E-state index in [1.54, 1.807) is 0 Å². The molecule has 1 rings (SSSR count). The molecular weight excluding hydrogens is 185 g/mol. The summed E-state index contributed by atoms with van der Waals surface area (Å²) in [6.07, 6.45) is 7.05. The Hall–Kier alpha value is 0.913. The first-order chi connectivity index (χ1) is 4.39. The van der Waals surface area contributed by atoms with Gasteiger partial charge in [-0.15, -0.1) is 0 Å². The second-order valence-corrected chi connectivity index (χ2v) is 2.50. The molecule has 0 nitrogen and oxygen atoms in total. The van der Waals surface area contributed by atoms with Gasteiger partial charge >= 0.3 is 27.0 Å². The fraction of sp³-hybridized carbons (Fsp3) is 0.857. The first-order valence-electron chi connectivity index (χ1n) is 3.49. The molecule has 0 aromatic heterocycles. The van der Waals surface area contributed by atoms with Crippen LogP contribution < -0.4 is 0 Å². The average molecular weight is 198 g/mol. The summed E-state index contributed by atoms with van der Waals surface area (Å²) in [7, 11) is 4.76. The normalized spacial score (nSPS) is 20.4. The predicted octanol–water partition coefficient (Wildman–Crippen LogP) is 3.09. The summed E-state index contributed by atoms with van der Waals surface area (Å²) >= 11 is 0.847. The molecule has 0 aromatic carbocycles. The number of halogens is 1. The topological polar surface area (TPSA) is 0 Å². The van der Waals surface area contributed by atoms with E-state index in [2.05, 4.69) is 6.92 Å². The summed E-state index contributed by atoms with van der Waals surface area (Å²) in [5, 5.41) is 0. The van der Waals surface area contributed by atoms with Crippen LogP contribution in [0.4, 0.5) is 0 Å². The van der Waals surface area contributed by atoms with Crippen LogP contribution in [0.2, 0.25) is 0 Å². The zero-order valence-corrected chi connectivity index (χ0v) is 9.63. The van der Waals surface area contributed by atoms with Gasteiger partial charge in [0.25, 0.3) is 0 Å². The van der Waals surface area contributed by atoms with Crippen molar-refractivity contribution >= 4 is 9.69 Å². The Morgan fingerprint density at radius 3 is 1.78 bits per heavy atom. The van der Waals surface area contributed by atoms with Gasteiger partial charge in [0, 0.05) is 0 Å². The van der Waals surface area contributed by atoms with Crippen molar-refractivity contribution in [3.05, 3.63) is 6.92 Å². The third kappa shape index (κ3) is 5.36. The summed E-state index contributed by atoms with van der Waals surface area (Å²) in [4.78, 5) is 0. The van der Waals surface area contributed by atoms with Crippen molar-refractivity contribution in [2.24, 2.45) is 5.92 Å². The van der Waals surface area contributed by atoms with Crippen LogP contribution in [0.5, 0.6) is 0 Å². The fourth-order valence-electron chi connectivity index (χ4n) is 1.19. The third-order valence-corrected chi connectivity index (χ3v) is 1.72. The average Bonchev–Trinajstić information content (AvgIpc) is 1.94. The molecule has 0 aliphatic heterocycles. The molecule has 0 atom stereocenters. The zero-order valence-electron chi connectivity index (χ0n) is 5.91. The van der Waals surface area contributed by atoms with Crippen LogP contribution in [0, 0.1) is 12.8 Å². The Labute approximate surface area is 72.1 Å². The molecule has 0 heterocycles. The molecule has 1 aliphatic carbocycles. The third-order valence-electron chi connectivity index (χ3n) is 1.72. The molecule has 50 valence electrons. The van der Waals surface area contributed by atoms with Gasteiger partial charge in [0.05, 0.1) is 0 Å². The Morgan fingerprint density at radius 2 is 1.56 bits per heavy atom. The number of hydrogen-bond donors (Lipinski definition) is 0. The van der Waals surface area contributed by atoms with Crippen LogP contribution in [-0.4, -0.2) is 0 Å². The molecule has 0 aromatic rings. The van der Waals surface area contributed by atoms with Crippen LogP contribution in [0.25, 0.3) is 0 Å². The van der Waals surface area contributed by atoms with E-state index in [9.17, 15) is 0 Å². The molecule has 1 saturated carbocycles. The van der Waals surface area contributed by atoms with Crippen LogP contribution in [0.1, 0.15) is 32.1 Å². The molecule has 9 heavy (non-hydrogen) atoms. The Bertz CT molecular complexity index is 50.9. The van der Waals surface area contributed by atoms with E-state index in [0.29, 0.717) is 0 Å². The molecule has 1 aliphatic rings. The molecule has 0 bridgehead atoms. The van der Waals surface area contributed by atoms with Gasteiger partial charge in [0.2, 0.25) is 0 Å². The van der Waals surface area contributed by atoms with Crippen LogP contribution >= 0.6 is 9.69 Å². The van der Waals surface area contributed by atoms with Crippen molar-refractivity contribution < 1.29 is 17.3 Å². The van der Waals surface area contributed by atoms with Crippen molar-refractivity contribution in [3.8, 4) is 0 Å². The summed E-state index contributed by atoms with van der Waals surface area (Å²) < 4.78 is 0. The minimum atomic E-state index is 0.786. The fourth-order valence-corrected chi connectivity index (χ4v) is 1.19. The Kier molecular flexibility index (Phi) is 7.74. The van der Waals surface area contributed by atoms with E-state index in [4.69, 9.17) is 9.69 Å². The molecule has 0 N–H and O–H groups in total. The van der Waals surface area contributed by atoms with Gasteiger partial charge in [0.1, 0.15) is 0 Å². The van der Waals surface area contributed by atoms with Gasteiger partial charge in [0.15, 0.2) is 0 Å². The van der Waals surface area contributed by atoms with Gasteiger partial charge in [-0.1, -0.05) is 32.1 Å². The SMILES string of the molecule is [CH2-]C1CCCCC1.[Cl][Zn+]. The van der Waals surface area contributed by atoms with Crippen LogP contribution in [0.15, 0.2) is 0 Å². The van der Waals surface area contributed by atoms with Gasteiger partial charge in [-0.25, -0.2) is 0 Å². The van der Waals surface area contributed by atoms with Crippen LogP contribution in [-0.2, 0) is 17.3 Å². The number of hydrogen-bond acceptors (Lipinski definition) is 0. The standard InChI is InChI=1S/C7H13.ClH.Zn/c1-7-5-3-2-4-6-7;;/h7H,1-6H2;1H;/q-1;;+2/p-1. The van der Waals surface area contributed by atoms with Crippen LogP contribution in [0.3, 0.4) is 0 Å². The molecule has 0 radical (unpaired) electrons. The zero-order chi connectivity index (χ0) is 7.11. The van der Waals surface area contributed by atoms with E-state index >= 15 is 0 Å².